The highest BCUT2D eigenvalue weighted by Crippen LogP contribution is 2.38. The Balaban J connectivity index is 1.29. The Morgan fingerprint density at radius 2 is 2.11 bits per heavy atom. The highest BCUT2D eigenvalue weighted by atomic mass is 35.5. The molecule has 3 aromatic rings. The van der Waals surface area contributed by atoms with Gasteiger partial charge in [-0.15, -0.1) is 0 Å². The molecule has 1 fully saturated rings. The molecule has 9 heteroatoms. The van der Waals surface area contributed by atoms with E-state index >= 15 is 0 Å². The Hall–Kier alpha value is -2.84. The molecular weight excluding hydrogens is 483 g/mol. The van der Waals surface area contributed by atoms with Gasteiger partial charge in [-0.3, -0.25) is 9.69 Å². The molecule has 2 aliphatic heterocycles. The second-order valence-electron chi connectivity index (χ2n) is 10.2. The number of nitrogens with one attached hydrogen (secondary N) is 1. The van der Waals surface area contributed by atoms with E-state index in [1.54, 1.807) is 6.33 Å². The number of imidazole rings is 1. The standard InChI is InChI=1S/C27H32ClFN4O3/c1-17(2)12-33(13-18-8-22(28)26-24(9-18)35-6-3-7-36-26)27(34)19-4-5-32(14-19)15-20-10-21(29)11-23-25(20)31-16-30-23/h8-11,16-17,19H,3-7,12-15H2,1-2H3,(H,30,31). The quantitative estimate of drug-likeness (QED) is 0.479. The van der Waals surface area contributed by atoms with Gasteiger partial charge in [-0.1, -0.05) is 25.4 Å². The summed E-state index contributed by atoms with van der Waals surface area (Å²) in [5.74, 6) is 1.28. The minimum absolute atomic E-state index is 0.108. The number of amides is 1. The van der Waals surface area contributed by atoms with Gasteiger partial charge in [0.2, 0.25) is 5.91 Å². The van der Waals surface area contributed by atoms with Crippen LogP contribution in [0.1, 0.15) is 37.8 Å². The van der Waals surface area contributed by atoms with E-state index in [-0.39, 0.29) is 17.6 Å². The first-order chi connectivity index (χ1) is 17.4. The lowest BCUT2D eigenvalue weighted by molar-refractivity contribution is -0.136. The molecule has 7 nitrogen and oxygen atoms in total. The Bertz CT molecular complexity index is 1250. The fourth-order valence-electron chi connectivity index (χ4n) is 5.15. The van der Waals surface area contributed by atoms with Crippen LogP contribution in [0.25, 0.3) is 11.0 Å². The number of H-pyrrole nitrogens is 1. The summed E-state index contributed by atoms with van der Waals surface area (Å²) in [6.07, 6.45) is 3.16. The molecule has 1 N–H and O–H groups in total. The van der Waals surface area contributed by atoms with E-state index in [1.165, 1.54) is 12.1 Å². The number of hydrogen-bond donors (Lipinski definition) is 1. The topological polar surface area (TPSA) is 70.7 Å². The van der Waals surface area contributed by atoms with Gasteiger partial charge in [0.15, 0.2) is 11.5 Å². The summed E-state index contributed by atoms with van der Waals surface area (Å²) in [6.45, 7) is 8.47. The molecule has 36 heavy (non-hydrogen) atoms. The van der Waals surface area contributed by atoms with Crippen molar-refractivity contribution in [1.82, 2.24) is 19.8 Å². The molecule has 1 saturated heterocycles. The van der Waals surface area contributed by atoms with E-state index in [0.29, 0.717) is 67.3 Å². The number of aromatic nitrogens is 2. The first-order valence-electron chi connectivity index (χ1n) is 12.6. The number of halogens is 2. The van der Waals surface area contributed by atoms with Crippen LogP contribution in [0.5, 0.6) is 11.5 Å². The van der Waals surface area contributed by atoms with Gasteiger partial charge >= 0.3 is 0 Å². The van der Waals surface area contributed by atoms with Crippen LogP contribution in [0.2, 0.25) is 5.02 Å². The van der Waals surface area contributed by atoms with Crippen LogP contribution < -0.4 is 9.47 Å². The third kappa shape index (κ3) is 5.44. The van der Waals surface area contributed by atoms with Gasteiger partial charge in [-0.05, 0) is 54.3 Å². The van der Waals surface area contributed by atoms with Crippen molar-refractivity contribution in [3.8, 4) is 11.5 Å². The van der Waals surface area contributed by atoms with Crippen LogP contribution in [0, 0.1) is 17.7 Å². The third-order valence-corrected chi connectivity index (χ3v) is 7.00. The Kier molecular flexibility index (Phi) is 7.34. The number of rotatable bonds is 7. The second-order valence-corrected chi connectivity index (χ2v) is 10.6. The van der Waals surface area contributed by atoms with Gasteiger partial charge in [0.25, 0.3) is 0 Å². The lowest BCUT2D eigenvalue weighted by Crippen LogP contribution is -2.39. The Morgan fingerprint density at radius 1 is 1.28 bits per heavy atom. The van der Waals surface area contributed by atoms with Gasteiger partial charge in [-0.2, -0.15) is 0 Å². The summed E-state index contributed by atoms with van der Waals surface area (Å²) in [5.41, 5.74) is 3.22. The van der Waals surface area contributed by atoms with Crippen LogP contribution in [0.3, 0.4) is 0 Å². The maximum Gasteiger partial charge on any atom is 0.227 e. The number of benzene rings is 2. The number of nitrogens with zero attached hydrogens (tertiary/aromatic N) is 3. The zero-order valence-corrected chi connectivity index (χ0v) is 21.5. The third-order valence-electron chi connectivity index (χ3n) is 6.72. The van der Waals surface area contributed by atoms with E-state index < -0.39 is 0 Å². The van der Waals surface area contributed by atoms with Gasteiger partial charge in [0.05, 0.1) is 41.5 Å². The number of ether oxygens (including phenoxy) is 2. The van der Waals surface area contributed by atoms with Crippen LogP contribution >= 0.6 is 11.6 Å². The number of aromatic amines is 1. The lowest BCUT2D eigenvalue weighted by Gasteiger charge is -2.28. The second kappa shape index (κ2) is 10.6. The highest BCUT2D eigenvalue weighted by molar-refractivity contribution is 6.32. The van der Waals surface area contributed by atoms with Crippen molar-refractivity contribution >= 4 is 28.5 Å². The van der Waals surface area contributed by atoms with Crippen molar-refractivity contribution in [3.05, 3.63) is 52.6 Å². The molecule has 1 aromatic heterocycles. The van der Waals surface area contributed by atoms with Crippen molar-refractivity contribution in [2.45, 2.75) is 39.8 Å². The summed E-state index contributed by atoms with van der Waals surface area (Å²) in [6, 6.07) is 6.80. The maximum atomic E-state index is 14.1. The summed E-state index contributed by atoms with van der Waals surface area (Å²) >= 11 is 6.51. The molecule has 1 unspecified atom stereocenters. The van der Waals surface area contributed by atoms with Crippen LogP contribution in [0.15, 0.2) is 30.6 Å². The molecule has 0 saturated carbocycles. The van der Waals surface area contributed by atoms with Gasteiger partial charge in [0.1, 0.15) is 5.82 Å². The summed E-state index contributed by atoms with van der Waals surface area (Å²) in [5, 5.41) is 0.508. The summed E-state index contributed by atoms with van der Waals surface area (Å²) < 4.78 is 25.7. The van der Waals surface area contributed by atoms with Crippen molar-refractivity contribution in [2.24, 2.45) is 11.8 Å². The minimum Gasteiger partial charge on any atom is -0.489 e. The van der Waals surface area contributed by atoms with Crippen LogP contribution in [0.4, 0.5) is 4.39 Å². The molecule has 192 valence electrons. The van der Waals surface area contributed by atoms with Crippen LogP contribution in [-0.2, 0) is 17.9 Å². The maximum absolute atomic E-state index is 14.1. The number of carbonyl (C=O) groups excluding carboxylic acids is 1. The smallest absolute Gasteiger partial charge is 0.227 e. The predicted molar refractivity (Wildman–Crippen MR) is 137 cm³/mol. The van der Waals surface area contributed by atoms with E-state index in [4.69, 9.17) is 21.1 Å². The average Bonchev–Trinajstić information content (AvgIpc) is 3.42. The van der Waals surface area contributed by atoms with Crippen molar-refractivity contribution in [3.63, 3.8) is 0 Å². The van der Waals surface area contributed by atoms with E-state index in [1.807, 2.05) is 17.0 Å². The lowest BCUT2D eigenvalue weighted by atomic mass is 10.0. The molecule has 0 bridgehead atoms. The monoisotopic (exact) mass is 514 g/mol. The Labute approximate surface area is 215 Å². The highest BCUT2D eigenvalue weighted by Gasteiger charge is 2.32. The summed E-state index contributed by atoms with van der Waals surface area (Å²) in [4.78, 5) is 25.1. The number of likely N-dealkylation sites (tertiary alicyclic amines) is 1. The molecule has 2 aromatic carbocycles. The van der Waals surface area contributed by atoms with Crippen LogP contribution in [-0.4, -0.2) is 58.5 Å². The average molecular weight is 515 g/mol. The molecular formula is C27H32ClFN4O3. The number of carbonyl (C=O) groups is 1. The fraction of sp³-hybridized carbons (Fsp3) is 0.481. The number of fused-ring (bicyclic) bond motifs is 2. The molecule has 1 atom stereocenters. The first-order valence-corrected chi connectivity index (χ1v) is 13.0. The molecule has 2 aliphatic rings. The zero-order chi connectivity index (χ0) is 25.2. The minimum atomic E-state index is -0.287. The largest absolute Gasteiger partial charge is 0.489 e. The van der Waals surface area contributed by atoms with Crippen molar-refractivity contribution in [1.29, 1.82) is 0 Å². The zero-order valence-electron chi connectivity index (χ0n) is 20.7. The molecule has 1 amide bonds. The molecule has 0 spiro atoms. The molecule has 3 heterocycles. The van der Waals surface area contributed by atoms with Gasteiger partial charge < -0.3 is 19.4 Å². The SMILES string of the molecule is CC(C)CN(Cc1cc(Cl)c2c(c1)OCCCO2)C(=O)C1CCN(Cc2cc(F)cc3[nH]cnc23)C1. The molecule has 0 radical (unpaired) electrons. The van der Waals surface area contributed by atoms with Gasteiger partial charge in [-0.25, -0.2) is 9.37 Å². The van der Waals surface area contributed by atoms with E-state index in [9.17, 15) is 9.18 Å². The van der Waals surface area contributed by atoms with E-state index in [2.05, 4.69) is 28.7 Å². The first kappa shape index (κ1) is 24.8. The normalized spacial score (nSPS) is 18.1. The van der Waals surface area contributed by atoms with Gasteiger partial charge in [0, 0.05) is 32.6 Å². The number of hydrogen-bond acceptors (Lipinski definition) is 5. The Morgan fingerprint density at radius 3 is 2.94 bits per heavy atom. The molecule has 5 rings (SSSR count). The van der Waals surface area contributed by atoms with Crippen molar-refractivity contribution in [2.75, 3.05) is 32.8 Å². The molecule has 0 aliphatic carbocycles. The van der Waals surface area contributed by atoms with Crippen molar-refractivity contribution < 1.29 is 18.7 Å². The van der Waals surface area contributed by atoms with E-state index in [0.717, 1.165) is 36.0 Å². The summed E-state index contributed by atoms with van der Waals surface area (Å²) in [7, 11) is 0. The predicted octanol–water partition coefficient (Wildman–Crippen LogP) is 5.02. The fourth-order valence-corrected chi connectivity index (χ4v) is 5.44.